The normalized spacial score (nSPS) is 53.9. The minimum Gasteiger partial charge on any atom is -0.392 e. The van der Waals surface area contributed by atoms with E-state index >= 15 is 0 Å². The predicted octanol–water partition coefficient (Wildman–Crippen LogP) is 1.31. The molecule has 2 spiro atoms. The van der Waals surface area contributed by atoms with Gasteiger partial charge in [-0.25, -0.2) is 23.5 Å². The first-order chi connectivity index (χ1) is 13.1. The summed E-state index contributed by atoms with van der Waals surface area (Å²) in [5.41, 5.74) is 0.431. The maximum absolute atomic E-state index is 13.4. The van der Waals surface area contributed by atoms with E-state index in [1.165, 1.54) is 4.57 Å². The Hall–Kier alpha value is -1.60. The van der Waals surface area contributed by atoms with Crippen molar-refractivity contribution in [2.24, 2.45) is 34.5 Å². The summed E-state index contributed by atoms with van der Waals surface area (Å²) in [6.45, 7) is 0. The Labute approximate surface area is 162 Å². The van der Waals surface area contributed by atoms with Crippen LogP contribution in [0.25, 0.3) is 5.69 Å². The molecule has 2 aromatic rings. The third kappa shape index (κ3) is 1.10. The number of halogens is 1. The molecule has 0 radical (unpaired) electrons. The summed E-state index contributed by atoms with van der Waals surface area (Å²) in [4.78, 5) is 26.9. The minimum absolute atomic E-state index is 0.0462. The van der Waals surface area contributed by atoms with E-state index in [1.54, 1.807) is 0 Å². The van der Waals surface area contributed by atoms with E-state index in [2.05, 4.69) is 15.9 Å². The van der Waals surface area contributed by atoms with Gasteiger partial charge < -0.3 is 5.11 Å². The first-order valence-corrected chi connectivity index (χ1v) is 10.8. The van der Waals surface area contributed by atoms with Crippen molar-refractivity contribution in [1.82, 2.24) is 13.9 Å². The van der Waals surface area contributed by atoms with E-state index in [1.807, 2.05) is 39.7 Å². The van der Waals surface area contributed by atoms with Gasteiger partial charge in [-0.15, -0.1) is 0 Å². The van der Waals surface area contributed by atoms with Gasteiger partial charge in [-0.1, -0.05) is 34.1 Å². The largest absolute Gasteiger partial charge is 0.392 e. The molecule has 0 unspecified atom stereocenters. The molecule has 0 amide bonds. The minimum atomic E-state index is -0.356. The van der Waals surface area contributed by atoms with E-state index in [-0.39, 0.29) is 45.2 Å². The molecule has 7 heteroatoms. The van der Waals surface area contributed by atoms with E-state index in [0.717, 1.165) is 12.8 Å². The van der Waals surface area contributed by atoms with Gasteiger partial charge in [0.25, 0.3) is 0 Å². The number of aliphatic hydroxyl groups is 1. The number of rotatable bonds is 1. The molecule has 1 N–H and O–H groups in total. The highest BCUT2D eigenvalue weighted by molar-refractivity contribution is 9.09. The zero-order valence-corrected chi connectivity index (χ0v) is 16.0. The quantitative estimate of drug-likeness (QED) is 0.697. The lowest BCUT2D eigenvalue weighted by atomic mass is 9.64. The van der Waals surface area contributed by atoms with Crippen LogP contribution in [0, 0.1) is 34.5 Å². The monoisotopic (exact) mass is 427 g/mol. The Morgan fingerprint density at radius 3 is 2.15 bits per heavy atom. The number of nitrogens with zero attached hydrogens (tertiary/aromatic N) is 3. The molecule has 7 aliphatic rings. The van der Waals surface area contributed by atoms with Crippen LogP contribution in [0.5, 0.6) is 0 Å². The third-order valence-corrected chi connectivity index (χ3v) is 10.2. The Bertz CT molecular complexity index is 1110. The number of benzene rings is 1. The van der Waals surface area contributed by atoms with Crippen LogP contribution in [0.1, 0.15) is 24.9 Å². The first kappa shape index (κ1) is 14.4. The molecule has 9 rings (SSSR count). The van der Waals surface area contributed by atoms with Crippen molar-refractivity contribution in [3.63, 3.8) is 0 Å². The second-order valence-electron chi connectivity index (χ2n) is 9.60. The van der Waals surface area contributed by atoms with E-state index < -0.39 is 0 Å². The molecule has 5 fully saturated rings. The fourth-order valence-corrected chi connectivity index (χ4v) is 9.72. The predicted molar refractivity (Wildman–Crippen MR) is 99.1 cm³/mol. The molecule has 1 aromatic heterocycles. The fourth-order valence-electron chi connectivity index (χ4n) is 8.99. The molecule has 6 nitrogen and oxygen atoms in total. The van der Waals surface area contributed by atoms with Crippen molar-refractivity contribution >= 4 is 15.9 Å². The van der Waals surface area contributed by atoms with E-state index in [4.69, 9.17) is 0 Å². The average molecular weight is 428 g/mol. The van der Waals surface area contributed by atoms with Crippen LogP contribution in [0.2, 0.25) is 0 Å². The van der Waals surface area contributed by atoms with E-state index in [9.17, 15) is 14.7 Å². The van der Waals surface area contributed by atoms with Gasteiger partial charge in [0.1, 0.15) is 0 Å². The molecule has 3 heterocycles. The zero-order valence-electron chi connectivity index (χ0n) is 14.4. The highest BCUT2D eigenvalue weighted by atomic mass is 79.9. The SMILES string of the molecule is O=c1n(-c2ccccc2)c(=O)n2n1[C@H]1[C@H]3[C@@H]4[C@@H]3[C@H]2[C@@]23C[C@H](Br)[C@@H](O)C[C@]12[C@@H]43. The van der Waals surface area contributed by atoms with Crippen molar-refractivity contribution in [2.45, 2.75) is 35.9 Å². The number of aliphatic hydroxyl groups excluding tert-OH is 1. The number of para-hydroxylation sites is 1. The van der Waals surface area contributed by atoms with Crippen LogP contribution in [0.3, 0.4) is 0 Å². The standard InChI is InChI=1S/C20H18BrN3O3/c21-9-6-19-14-11-12-13(11)16(20(14,19)7-10(9)25)24-18(27)22(8-4-2-1-3-5-8)17(26)23(24)15(12)19/h1-5,9-16,25H,6-7H2/t9-,10-,11-,12-,13-,14-,15-,16-,19-,20-/m0/s1. The maximum Gasteiger partial charge on any atom is 0.352 e. The molecule has 1 aromatic carbocycles. The van der Waals surface area contributed by atoms with Crippen LogP contribution in [-0.2, 0) is 0 Å². The topological polar surface area (TPSA) is 69.2 Å². The van der Waals surface area contributed by atoms with E-state index in [0.29, 0.717) is 29.4 Å². The molecule has 5 saturated carbocycles. The molecule has 5 aliphatic carbocycles. The molecule has 2 bridgehead atoms. The average Bonchev–Trinajstić information content (AvgIpc) is 3.40. The lowest BCUT2D eigenvalue weighted by Gasteiger charge is -2.52. The van der Waals surface area contributed by atoms with Crippen LogP contribution in [-0.4, -0.2) is 30.0 Å². The van der Waals surface area contributed by atoms with Crippen LogP contribution in [0.15, 0.2) is 39.9 Å². The number of hydrogen-bond acceptors (Lipinski definition) is 3. The smallest absolute Gasteiger partial charge is 0.352 e. The van der Waals surface area contributed by atoms with Crippen LogP contribution < -0.4 is 11.4 Å². The summed E-state index contributed by atoms with van der Waals surface area (Å²) in [6, 6.07) is 9.50. The van der Waals surface area contributed by atoms with Gasteiger partial charge in [-0.05, 0) is 48.6 Å². The number of hydrogen-bond donors (Lipinski definition) is 1. The summed E-state index contributed by atoms with van der Waals surface area (Å²) in [6.07, 6.45) is 1.34. The molecule has 27 heavy (non-hydrogen) atoms. The van der Waals surface area contributed by atoms with Gasteiger partial charge >= 0.3 is 11.4 Å². The molecular formula is C20H18BrN3O3. The van der Waals surface area contributed by atoms with Gasteiger partial charge in [0.15, 0.2) is 0 Å². The molecule has 138 valence electrons. The van der Waals surface area contributed by atoms with Crippen LogP contribution >= 0.6 is 15.9 Å². The lowest BCUT2D eigenvalue weighted by Crippen LogP contribution is -2.56. The van der Waals surface area contributed by atoms with Crippen molar-refractivity contribution < 1.29 is 5.11 Å². The van der Waals surface area contributed by atoms with Crippen molar-refractivity contribution in [3.8, 4) is 5.69 Å². The first-order valence-electron chi connectivity index (χ1n) is 9.89. The Balaban J connectivity index is 1.44. The Morgan fingerprint density at radius 1 is 0.926 bits per heavy atom. The molecular weight excluding hydrogens is 410 g/mol. The molecule has 10 atom stereocenters. The lowest BCUT2D eigenvalue weighted by molar-refractivity contribution is -0.0543. The fraction of sp³-hybridized carbons (Fsp3) is 0.600. The van der Waals surface area contributed by atoms with Crippen molar-refractivity contribution in [3.05, 3.63) is 51.3 Å². The maximum atomic E-state index is 13.4. The summed E-state index contributed by atoms with van der Waals surface area (Å²) < 4.78 is 5.00. The number of alkyl halides is 1. The summed E-state index contributed by atoms with van der Waals surface area (Å²) in [5, 5.41) is 10.6. The van der Waals surface area contributed by atoms with Gasteiger partial charge in [-0.2, -0.15) is 0 Å². The molecule has 2 aliphatic heterocycles. The van der Waals surface area contributed by atoms with Gasteiger partial charge in [0.2, 0.25) is 0 Å². The highest BCUT2D eigenvalue weighted by Crippen LogP contribution is 3.04. The van der Waals surface area contributed by atoms with Gasteiger partial charge in [-0.3, -0.25) is 0 Å². The Morgan fingerprint density at radius 2 is 1.52 bits per heavy atom. The second-order valence-corrected chi connectivity index (χ2v) is 10.8. The van der Waals surface area contributed by atoms with Crippen molar-refractivity contribution in [1.29, 1.82) is 0 Å². The van der Waals surface area contributed by atoms with Crippen LogP contribution in [0.4, 0.5) is 0 Å². The highest BCUT2D eigenvalue weighted by Gasteiger charge is 3.03. The Kier molecular flexibility index (Phi) is 2.02. The molecule has 0 saturated heterocycles. The summed E-state index contributed by atoms with van der Waals surface area (Å²) >= 11 is 3.70. The summed E-state index contributed by atoms with van der Waals surface area (Å²) in [5.74, 6) is 2.38. The van der Waals surface area contributed by atoms with Gasteiger partial charge in [0.05, 0.1) is 23.9 Å². The third-order valence-electron chi connectivity index (χ3n) is 9.30. The summed E-state index contributed by atoms with van der Waals surface area (Å²) in [7, 11) is 0. The number of aromatic nitrogens is 3. The zero-order chi connectivity index (χ0) is 18.0. The van der Waals surface area contributed by atoms with Gasteiger partial charge in [0, 0.05) is 15.7 Å². The van der Waals surface area contributed by atoms with Crippen molar-refractivity contribution in [2.75, 3.05) is 0 Å². The second kappa shape index (κ2) is 3.79.